The summed E-state index contributed by atoms with van der Waals surface area (Å²) in [6.45, 7) is 7.35. The van der Waals surface area contributed by atoms with Gasteiger partial charge in [0.2, 0.25) is 0 Å². The lowest BCUT2D eigenvalue weighted by Crippen LogP contribution is -2.48. The Kier molecular flexibility index (Phi) is 4.65. The van der Waals surface area contributed by atoms with Crippen molar-refractivity contribution >= 4 is 0 Å². The quantitative estimate of drug-likeness (QED) is 0.839. The summed E-state index contributed by atoms with van der Waals surface area (Å²) in [7, 11) is 0. The van der Waals surface area contributed by atoms with Crippen molar-refractivity contribution < 1.29 is 9.13 Å². The third-order valence-electron chi connectivity index (χ3n) is 4.27. The van der Waals surface area contributed by atoms with Crippen LogP contribution in [0.5, 0.6) is 0 Å². The van der Waals surface area contributed by atoms with E-state index in [1.165, 1.54) is 18.4 Å². The fourth-order valence-corrected chi connectivity index (χ4v) is 3.05. The van der Waals surface area contributed by atoms with E-state index in [9.17, 15) is 4.39 Å². The molecular formula is C16H23FN2O. The van der Waals surface area contributed by atoms with Crippen LogP contribution in [-0.2, 0) is 11.3 Å². The monoisotopic (exact) mass is 278 g/mol. The predicted octanol–water partition coefficient (Wildman–Crippen LogP) is 2.12. The number of rotatable bonds is 4. The molecule has 2 aliphatic rings. The standard InChI is InChI=1S/C16H23FN2O/c17-15-5-3-14(4-6-15)12-18-7-9-19(10-8-18)13-16-2-1-11-20-16/h3-6,16H,1-2,7-13H2/t16-/m1/s1. The molecule has 0 radical (unpaired) electrons. The van der Waals surface area contributed by atoms with E-state index in [0.29, 0.717) is 6.10 Å². The number of ether oxygens (including phenoxy) is 1. The van der Waals surface area contributed by atoms with E-state index in [4.69, 9.17) is 4.74 Å². The molecule has 1 atom stereocenters. The van der Waals surface area contributed by atoms with Crippen molar-refractivity contribution in [3.05, 3.63) is 35.6 Å². The first-order chi connectivity index (χ1) is 9.79. The molecule has 0 amide bonds. The summed E-state index contributed by atoms with van der Waals surface area (Å²) in [5.41, 5.74) is 1.19. The van der Waals surface area contributed by atoms with Crippen molar-refractivity contribution in [2.45, 2.75) is 25.5 Å². The van der Waals surface area contributed by atoms with Crippen molar-refractivity contribution in [2.24, 2.45) is 0 Å². The van der Waals surface area contributed by atoms with Gasteiger partial charge in [-0.1, -0.05) is 12.1 Å². The number of benzene rings is 1. The van der Waals surface area contributed by atoms with E-state index >= 15 is 0 Å². The molecule has 4 heteroatoms. The van der Waals surface area contributed by atoms with Gasteiger partial charge in [-0.3, -0.25) is 9.80 Å². The smallest absolute Gasteiger partial charge is 0.123 e. The van der Waals surface area contributed by atoms with Gasteiger partial charge in [0.25, 0.3) is 0 Å². The molecule has 110 valence electrons. The lowest BCUT2D eigenvalue weighted by molar-refractivity contribution is 0.0489. The fraction of sp³-hybridized carbons (Fsp3) is 0.625. The Bertz CT molecular complexity index is 409. The Morgan fingerprint density at radius 1 is 1.05 bits per heavy atom. The van der Waals surface area contributed by atoms with Crippen LogP contribution in [0.2, 0.25) is 0 Å². The number of halogens is 1. The van der Waals surface area contributed by atoms with Crippen LogP contribution in [0.4, 0.5) is 4.39 Å². The van der Waals surface area contributed by atoms with E-state index in [-0.39, 0.29) is 5.82 Å². The highest BCUT2D eigenvalue weighted by Gasteiger charge is 2.22. The minimum Gasteiger partial charge on any atom is -0.377 e. The average Bonchev–Trinajstić information content (AvgIpc) is 2.96. The van der Waals surface area contributed by atoms with Crippen LogP contribution in [0, 0.1) is 5.82 Å². The van der Waals surface area contributed by atoms with E-state index in [2.05, 4.69) is 9.80 Å². The molecule has 0 saturated carbocycles. The van der Waals surface area contributed by atoms with Crippen LogP contribution in [0.3, 0.4) is 0 Å². The summed E-state index contributed by atoms with van der Waals surface area (Å²) in [5, 5.41) is 0. The molecular weight excluding hydrogens is 255 g/mol. The number of hydrogen-bond acceptors (Lipinski definition) is 3. The summed E-state index contributed by atoms with van der Waals surface area (Å²) < 4.78 is 18.6. The number of nitrogens with zero attached hydrogens (tertiary/aromatic N) is 2. The molecule has 1 aromatic rings. The largest absolute Gasteiger partial charge is 0.377 e. The molecule has 1 aromatic carbocycles. The maximum atomic E-state index is 12.9. The maximum absolute atomic E-state index is 12.9. The Morgan fingerprint density at radius 3 is 2.40 bits per heavy atom. The molecule has 0 spiro atoms. The van der Waals surface area contributed by atoms with Gasteiger partial charge in [-0.25, -0.2) is 4.39 Å². The van der Waals surface area contributed by atoms with Gasteiger partial charge in [0.15, 0.2) is 0 Å². The zero-order chi connectivity index (χ0) is 13.8. The van der Waals surface area contributed by atoms with Gasteiger partial charge < -0.3 is 4.74 Å². The summed E-state index contributed by atoms with van der Waals surface area (Å²) in [4.78, 5) is 4.95. The second-order valence-corrected chi connectivity index (χ2v) is 5.84. The van der Waals surface area contributed by atoms with Gasteiger partial charge in [0.1, 0.15) is 5.82 Å². The van der Waals surface area contributed by atoms with Crippen LogP contribution in [-0.4, -0.2) is 55.2 Å². The zero-order valence-electron chi connectivity index (χ0n) is 11.9. The van der Waals surface area contributed by atoms with Gasteiger partial charge in [0.05, 0.1) is 6.10 Å². The topological polar surface area (TPSA) is 15.7 Å². The molecule has 2 fully saturated rings. The molecule has 0 aliphatic carbocycles. The number of hydrogen-bond donors (Lipinski definition) is 0. The summed E-state index contributed by atoms with van der Waals surface area (Å²) >= 11 is 0. The predicted molar refractivity (Wildman–Crippen MR) is 77.1 cm³/mol. The highest BCUT2D eigenvalue weighted by molar-refractivity contribution is 5.15. The second-order valence-electron chi connectivity index (χ2n) is 5.84. The molecule has 0 aromatic heterocycles. The zero-order valence-corrected chi connectivity index (χ0v) is 11.9. The van der Waals surface area contributed by atoms with Crippen LogP contribution in [0.25, 0.3) is 0 Å². The molecule has 20 heavy (non-hydrogen) atoms. The van der Waals surface area contributed by atoms with Gasteiger partial charge in [0, 0.05) is 45.9 Å². The summed E-state index contributed by atoms with van der Waals surface area (Å²) in [6.07, 6.45) is 2.89. The van der Waals surface area contributed by atoms with Gasteiger partial charge >= 0.3 is 0 Å². The van der Waals surface area contributed by atoms with Crippen LogP contribution < -0.4 is 0 Å². The highest BCUT2D eigenvalue weighted by atomic mass is 19.1. The van der Waals surface area contributed by atoms with E-state index in [1.807, 2.05) is 12.1 Å². The van der Waals surface area contributed by atoms with E-state index in [1.54, 1.807) is 12.1 Å². The first-order valence-corrected chi connectivity index (χ1v) is 7.60. The lowest BCUT2D eigenvalue weighted by atomic mass is 10.2. The molecule has 2 aliphatic heterocycles. The average molecular weight is 278 g/mol. The molecule has 0 bridgehead atoms. The van der Waals surface area contributed by atoms with E-state index < -0.39 is 0 Å². The fourth-order valence-electron chi connectivity index (χ4n) is 3.05. The summed E-state index contributed by atoms with van der Waals surface area (Å²) in [6, 6.07) is 6.86. The van der Waals surface area contributed by atoms with Crippen molar-refractivity contribution in [3.8, 4) is 0 Å². The molecule has 0 unspecified atom stereocenters. The Balaban J connectivity index is 1.42. The summed E-state index contributed by atoms with van der Waals surface area (Å²) in [5.74, 6) is -0.157. The molecule has 3 nitrogen and oxygen atoms in total. The van der Waals surface area contributed by atoms with Crippen molar-refractivity contribution in [1.82, 2.24) is 9.80 Å². The van der Waals surface area contributed by atoms with Crippen LogP contribution in [0.15, 0.2) is 24.3 Å². The Hall–Kier alpha value is -0.970. The van der Waals surface area contributed by atoms with Gasteiger partial charge in [-0.05, 0) is 30.5 Å². The molecule has 3 rings (SSSR count). The van der Waals surface area contributed by atoms with Crippen molar-refractivity contribution in [2.75, 3.05) is 39.3 Å². The van der Waals surface area contributed by atoms with Crippen molar-refractivity contribution in [3.63, 3.8) is 0 Å². The molecule has 0 N–H and O–H groups in total. The van der Waals surface area contributed by atoms with Crippen molar-refractivity contribution in [1.29, 1.82) is 0 Å². The molecule has 2 heterocycles. The van der Waals surface area contributed by atoms with Crippen LogP contribution >= 0.6 is 0 Å². The van der Waals surface area contributed by atoms with Gasteiger partial charge in [-0.15, -0.1) is 0 Å². The first kappa shape index (κ1) is 14.0. The van der Waals surface area contributed by atoms with Gasteiger partial charge in [-0.2, -0.15) is 0 Å². The maximum Gasteiger partial charge on any atom is 0.123 e. The second kappa shape index (κ2) is 6.66. The number of piperazine rings is 1. The highest BCUT2D eigenvalue weighted by Crippen LogP contribution is 2.15. The third kappa shape index (κ3) is 3.78. The SMILES string of the molecule is Fc1ccc(CN2CCN(C[C@H]3CCCO3)CC2)cc1. The third-order valence-corrected chi connectivity index (χ3v) is 4.27. The minimum atomic E-state index is -0.157. The normalized spacial score (nSPS) is 25.1. The van der Waals surface area contributed by atoms with E-state index in [0.717, 1.165) is 45.9 Å². The van der Waals surface area contributed by atoms with Crippen LogP contribution in [0.1, 0.15) is 18.4 Å². The Labute approximate surface area is 120 Å². The Morgan fingerprint density at radius 2 is 1.75 bits per heavy atom. The molecule has 2 saturated heterocycles. The lowest BCUT2D eigenvalue weighted by Gasteiger charge is -2.35. The first-order valence-electron chi connectivity index (χ1n) is 7.60. The minimum absolute atomic E-state index is 0.157.